The Kier molecular flexibility index (Phi) is 7.16. The number of nitrogens with one attached hydrogen (secondary N) is 1. The van der Waals surface area contributed by atoms with Crippen molar-refractivity contribution in [2.45, 2.75) is 25.1 Å². The Morgan fingerprint density at radius 3 is 2.45 bits per heavy atom. The van der Waals surface area contributed by atoms with Gasteiger partial charge in [0.15, 0.2) is 0 Å². The second kappa shape index (κ2) is 9.61. The third-order valence-corrected chi connectivity index (χ3v) is 7.17. The Balaban J connectivity index is 1.49. The van der Waals surface area contributed by atoms with Crippen LogP contribution in [0.4, 0.5) is 0 Å². The third-order valence-electron chi connectivity index (χ3n) is 5.08. The molecule has 0 atom stereocenters. The highest BCUT2D eigenvalue weighted by atomic mass is 35.5. The van der Waals surface area contributed by atoms with Crippen LogP contribution in [0.5, 0.6) is 5.75 Å². The number of carbonyl (C=O) groups excluding carboxylic acids is 1. The van der Waals surface area contributed by atoms with Crippen LogP contribution in [0.3, 0.4) is 0 Å². The van der Waals surface area contributed by atoms with Crippen LogP contribution in [0.2, 0.25) is 5.02 Å². The van der Waals surface area contributed by atoms with Crippen LogP contribution < -0.4 is 10.1 Å². The Bertz CT molecular complexity index is 939. The van der Waals surface area contributed by atoms with E-state index in [9.17, 15) is 13.2 Å². The normalized spacial score (nSPS) is 15.8. The molecule has 0 saturated carbocycles. The molecule has 8 heteroatoms. The average Bonchev–Trinajstić information content (AvgIpc) is 2.72. The molecule has 1 heterocycles. The van der Waals surface area contributed by atoms with E-state index in [4.69, 9.17) is 16.3 Å². The van der Waals surface area contributed by atoms with Gasteiger partial charge in [0.1, 0.15) is 5.75 Å². The number of halogens is 1. The first-order chi connectivity index (χ1) is 13.9. The zero-order valence-corrected chi connectivity index (χ0v) is 17.9. The molecule has 0 radical (unpaired) electrons. The molecule has 0 aromatic heterocycles. The maximum absolute atomic E-state index is 12.7. The van der Waals surface area contributed by atoms with Crippen LogP contribution in [-0.2, 0) is 27.1 Å². The van der Waals surface area contributed by atoms with Gasteiger partial charge in [0.2, 0.25) is 15.9 Å². The highest BCUT2D eigenvalue weighted by Crippen LogP contribution is 2.23. The van der Waals surface area contributed by atoms with Gasteiger partial charge in [-0.2, -0.15) is 0 Å². The largest absolute Gasteiger partial charge is 0.497 e. The summed E-state index contributed by atoms with van der Waals surface area (Å²) >= 11 is 5.94. The Morgan fingerprint density at radius 1 is 1.14 bits per heavy atom. The van der Waals surface area contributed by atoms with Gasteiger partial charge in [-0.1, -0.05) is 35.9 Å². The quantitative estimate of drug-likeness (QED) is 0.723. The molecule has 1 amide bonds. The van der Waals surface area contributed by atoms with Crippen molar-refractivity contribution in [2.75, 3.05) is 20.2 Å². The van der Waals surface area contributed by atoms with Crippen LogP contribution >= 0.6 is 11.6 Å². The average molecular weight is 437 g/mol. The predicted molar refractivity (Wildman–Crippen MR) is 113 cm³/mol. The monoisotopic (exact) mass is 436 g/mol. The highest BCUT2D eigenvalue weighted by molar-refractivity contribution is 7.88. The summed E-state index contributed by atoms with van der Waals surface area (Å²) in [6, 6.07) is 14.4. The maximum Gasteiger partial charge on any atom is 0.223 e. The molecule has 0 aliphatic carbocycles. The van der Waals surface area contributed by atoms with E-state index >= 15 is 0 Å². The summed E-state index contributed by atoms with van der Waals surface area (Å²) in [5, 5.41) is 3.46. The first-order valence-electron chi connectivity index (χ1n) is 9.50. The molecule has 1 fully saturated rings. The molecule has 1 aliphatic rings. The van der Waals surface area contributed by atoms with Crippen molar-refractivity contribution >= 4 is 27.5 Å². The lowest BCUT2D eigenvalue weighted by Gasteiger charge is -2.30. The molecular formula is C21H25ClN2O4S. The smallest absolute Gasteiger partial charge is 0.223 e. The van der Waals surface area contributed by atoms with Crippen LogP contribution in [0.1, 0.15) is 24.0 Å². The maximum atomic E-state index is 12.7. The first-order valence-corrected chi connectivity index (χ1v) is 11.5. The minimum Gasteiger partial charge on any atom is -0.497 e. The van der Waals surface area contributed by atoms with Crippen molar-refractivity contribution in [3.8, 4) is 5.75 Å². The first kappa shape index (κ1) is 21.6. The summed E-state index contributed by atoms with van der Waals surface area (Å²) < 4.78 is 32.0. The number of sulfonamides is 1. The number of piperidine rings is 1. The van der Waals surface area contributed by atoms with Crippen LogP contribution in [0.15, 0.2) is 48.5 Å². The number of nitrogens with zero attached hydrogens (tertiary/aromatic N) is 1. The van der Waals surface area contributed by atoms with E-state index in [1.54, 1.807) is 31.4 Å². The summed E-state index contributed by atoms with van der Waals surface area (Å²) in [6.45, 7) is 1.14. The van der Waals surface area contributed by atoms with Gasteiger partial charge in [0, 0.05) is 30.6 Å². The summed E-state index contributed by atoms with van der Waals surface area (Å²) in [6.07, 6.45) is 1.03. The van der Waals surface area contributed by atoms with Gasteiger partial charge in [0.25, 0.3) is 0 Å². The standard InChI is InChI=1S/C21H25ClN2O4S/c1-28-20-7-5-16(6-8-20)14-23-21(25)18-9-11-24(12-10-18)29(26,27)15-17-3-2-4-19(22)13-17/h2-8,13,18H,9-12,14-15H2,1H3,(H,23,25). The van der Waals surface area contributed by atoms with Crippen LogP contribution in [0.25, 0.3) is 0 Å². The van der Waals surface area contributed by atoms with Crippen LogP contribution in [0, 0.1) is 5.92 Å². The van der Waals surface area contributed by atoms with Crippen molar-refractivity contribution < 1.29 is 17.9 Å². The van der Waals surface area contributed by atoms with Gasteiger partial charge < -0.3 is 10.1 Å². The molecule has 0 bridgehead atoms. The number of hydrogen-bond acceptors (Lipinski definition) is 4. The van der Waals surface area contributed by atoms with Gasteiger partial charge in [-0.15, -0.1) is 0 Å². The van der Waals surface area contributed by atoms with Gasteiger partial charge in [-0.3, -0.25) is 4.79 Å². The number of carbonyl (C=O) groups is 1. The lowest BCUT2D eigenvalue weighted by atomic mass is 9.97. The molecule has 2 aromatic rings. The fourth-order valence-electron chi connectivity index (χ4n) is 3.40. The summed E-state index contributed by atoms with van der Waals surface area (Å²) in [7, 11) is -1.82. The predicted octanol–water partition coefficient (Wildman–Crippen LogP) is 3.21. The fraction of sp³-hybridized carbons (Fsp3) is 0.381. The van der Waals surface area contributed by atoms with Crippen molar-refractivity contribution in [3.63, 3.8) is 0 Å². The van der Waals surface area contributed by atoms with E-state index in [-0.39, 0.29) is 17.6 Å². The molecular weight excluding hydrogens is 412 g/mol. The van der Waals surface area contributed by atoms with E-state index in [0.29, 0.717) is 43.1 Å². The Labute approximate surface area is 176 Å². The van der Waals surface area contributed by atoms with E-state index in [1.165, 1.54) is 4.31 Å². The number of amides is 1. The topological polar surface area (TPSA) is 75.7 Å². The SMILES string of the molecule is COc1ccc(CNC(=O)C2CCN(S(=O)(=O)Cc3cccc(Cl)c3)CC2)cc1. The number of methoxy groups -OCH3 is 1. The van der Waals surface area contributed by atoms with Gasteiger partial charge in [0.05, 0.1) is 12.9 Å². The minimum atomic E-state index is -3.43. The molecule has 3 rings (SSSR count). The summed E-state index contributed by atoms with van der Waals surface area (Å²) in [4.78, 5) is 12.5. The third kappa shape index (κ3) is 5.95. The lowest BCUT2D eigenvalue weighted by molar-refractivity contribution is -0.126. The Hall–Kier alpha value is -2.09. The second-order valence-corrected chi connectivity index (χ2v) is 9.53. The summed E-state index contributed by atoms with van der Waals surface area (Å²) in [5.41, 5.74) is 1.65. The molecule has 1 N–H and O–H groups in total. The van der Waals surface area contributed by atoms with Gasteiger partial charge in [-0.25, -0.2) is 12.7 Å². The van der Waals surface area contributed by atoms with Gasteiger partial charge in [-0.05, 0) is 48.2 Å². The molecule has 1 saturated heterocycles. The summed E-state index contributed by atoms with van der Waals surface area (Å²) in [5.74, 6) is 0.479. The highest BCUT2D eigenvalue weighted by Gasteiger charge is 2.31. The molecule has 2 aromatic carbocycles. The van der Waals surface area contributed by atoms with E-state index < -0.39 is 10.0 Å². The number of benzene rings is 2. The fourth-order valence-corrected chi connectivity index (χ4v) is 5.17. The van der Waals surface area contributed by atoms with E-state index in [1.807, 2.05) is 24.3 Å². The molecule has 6 nitrogen and oxygen atoms in total. The minimum absolute atomic E-state index is 0.0345. The van der Waals surface area contributed by atoms with Gasteiger partial charge >= 0.3 is 0 Å². The van der Waals surface area contributed by atoms with E-state index in [2.05, 4.69) is 5.32 Å². The lowest BCUT2D eigenvalue weighted by Crippen LogP contribution is -2.43. The molecule has 0 unspecified atom stereocenters. The van der Waals surface area contributed by atoms with Crippen molar-refractivity contribution in [1.82, 2.24) is 9.62 Å². The van der Waals surface area contributed by atoms with Crippen LogP contribution in [-0.4, -0.2) is 38.8 Å². The van der Waals surface area contributed by atoms with E-state index in [0.717, 1.165) is 11.3 Å². The Morgan fingerprint density at radius 2 is 1.83 bits per heavy atom. The number of rotatable bonds is 7. The molecule has 0 spiro atoms. The van der Waals surface area contributed by atoms with Crippen molar-refractivity contribution in [2.24, 2.45) is 5.92 Å². The molecule has 156 valence electrons. The molecule has 29 heavy (non-hydrogen) atoms. The molecule has 1 aliphatic heterocycles. The number of hydrogen-bond donors (Lipinski definition) is 1. The zero-order valence-electron chi connectivity index (χ0n) is 16.3. The van der Waals surface area contributed by atoms with Crippen molar-refractivity contribution in [1.29, 1.82) is 0 Å². The number of ether oxygens (including phenoxy) is 1. The second-order valence-electron chi connectivity index (χ2n) is 7.13. The van der Waals surface area contributed by atoms with Crippen molar-refractivity contribution in [3.05, 3.63) is 64.7 Å². The zero-order chi connectivity index (χ0) is 20.9.